The van der Waals surface area contributed by atoms with Gasteiger partial charge in [0.25, 0.3) is 0 Å². The average molecular weight is 278 g/mol. The highest BCUT2D eigenvalue weighted by Crippen LogP contribution is 2.29. The average Bonchev–Trinajstić information content (AvgIpc) is 2.41. The van der Waals surface area contributed by atoms with Crippen molar-refractivity contribution < 1.29 is 9.84 Å². The number of hydrogen-bond donors (Lipinski definition) is 2. The van der Waals surface area contributed by atoms with E-state index < -0.39 is 0 Å². The molecular weight excluding hydrogens is 262 g/mol. The molecule has 0 saturated heterocycles. The molecule has 4 heteroatoms. The molecule has 0 saturated carbocycles. The Morgan fingerprint density at radius 3 is 2.79 bits per heavy atom. The molecule has 2 rings (SSSR count). The van der Waals surface area contributed by atoms with E-state index in [2.05, 4.69) is 5.32 Å². The van der Waals surface area contributed by atoms with Crippen molar-refractivity contribution in [3.8, 4) is 11.5 Å². The molecule has 0 heterocycles. The number of rotatable bonds is 4. The number of halogens is 1. The van der Waals surface area contributed by atoms with Crippen LogP contribution >= 0.6 is 11.6 Å². The number of para-hydroxylation sites is 1. The quantitative estimate of drug-likeness (QED) is 0.888. The molecule has 100 valence electrons. The lowest BCUT2D eigenvalue weighted by Gasteiger charge is -2.13. The lowest BCUT2D eigenvalue weighted by atomic mass is 10.1. The molecule has 3 nitrogen and oxygen atoms in total. The molecule has 0 amide bonds. The van der Waals surface area contributed by atoms with Gasteiger partial charge in [0.15, 0.2) is 0 Å². The highest BCUT2D eigenvalue weighted by molar-refractivity contribution is 6.32. The second-order valence-corrected chi connectivity index (χ2v) is 4.71. The summed E-state index contributed by atoms with van der Waals surface area (Å²) in [6.45, 7) is 2.49. The molecule has 19 heavy (non-hydrogen) atoms. The van der Waals surface area contributed by atoms with E-state index >= 15 is 0 Å². The first-order chi connectivity index (χ1) is 9.11. The van der Waals surface area contributed by atoms with Crippen molar-refractivity contribution in [1.82, 2.24) is 0 Å². The molecular formula is C15H16ClNO2. The molecule has 0 unspecified atom stereocenters. The molecule has 2 aromatic rings. The number of phenolic OH excluding ortho intramolecular Hbond substituents is 1. The van der Waals surface area contributed by atoms with Crippen LogP contribution in [-0.2, 0) is 6.54 Å². The van der Waals surface area contributed by atoms with Gasteiger partial charge in [-0.25, -0.2) is 0 Å². The Morgan fingerprint density at radius 1 is 1.26 bits per heavy atom. The maximum atomic E-state index is 9.84. The highest BCUT2D eigenvalue weighted by atomic mass is 35.5. The van der Waals surface area contributed by atoms with E-state index in [-0.39, 0.29) is 5.75 Å². The van der Waals surface area contributed by atoms with Gasteiger partial charge < -0.3 is 15.2 Å². The van der Waals surface area contributed by atoms with E-state index in [0.29, 0.717) is 11.6 Å². The number of aromatic hydroxyl groups is 1. The lowest BCUT2D eigenvalue weighted by molar-refractivity contribution is 0.416. The molecule has 0 aliphatic carbocycles. The summed E-state index contributed by atoms with van der Waals surface area (Å²) in [6.07, 6.45) is 0. The minimum absolute atomic E-state index is 0.114. The second kappa shape index (κ2) is 5.85. The molecule has 0 aromatic heterocycles. The summed E-state index contributed by atoms with van der Waals surface area (Å²) >= 11 is 5.87. The molecule has 0 aliphatic rings. The molecule has 0 atom stereocenters. The monoisotopic (exact) mass is 277 g/mol. The number of phenols is 1. The zero-order chi connectivity index (χ0) is 13.8. The molecule has 0 spiro atoms. The van der Waals surface area contributed by atoms with E-state index in [9.17, 15) is 5.11 Å². The lowest BCUT2D eigenvalue weighted by Crippen LogP contribution is -2.02. The van der Waals surface area contributed by atoms with Gasteiger partial charge >= 0.3 is 0 Å². The standard InChI is InChI=1S/C15H16ClNO2/c1-10-6-7-13(14(8-10)19-2)17-9-11-4-3-5-12(16)15(11)18/h3-8,17-18H,9H2,1-2H3. The van der Waals surface area contributed by atoms with Crippen LogP contribution in [0, 0.1) is 6.92 Å². The van der Waals surface area contributed by atoms with Crippen molar-refractivity contribution in [2.24, 2.45) is 0 Å². The Morgan fingerprint density at radius 2 is 2.05 bits per heavy atom. The van der Waals surface area contributed by atoms with E-state index in [1.165, 1.54) is 0 Å². The van der Waals surface area contributed by atoms with E-state index in [1.54, 1.807) is 13.2 Å². The van der Waals surface area contributed by atoms with Gasteiger partial charge in [0, 0.05) is 12.1 Å². The molecule has 0 radical (unpaired) electrons. The predicted octanol–water partition coefficient (Wildman–Crippen LogP) is 3.97. The van der Waals surface area contributed by atoms with Crippen LogP contribution in [0.5, 0.6) is 11.5 Å². The highest BCUT2D eigenvalue weighted by Gasteiger charge is 2.07. The number of anilines is 1. The van der Waals surface area contributed by atoms with Gasteiger partial charge in [0.1, 0.15) is 11.5 Å². The molecule has 0 aliphatic heterocycles. The normalized spacial score (nSPS) is 10.3. The molecule has 2 aromatic carbocycles. The zero-order valence-corrected chi connectivity index (χ0v) is 11.7. The van der Waals surface area contributed by atoms with Crippen LogP contribution in [0.1, 0.15) is 11.1 Å². The van der Waals surface area contributed by atoms with Gasteiger partial charge in [-0.2, -0.15) is 0 Å². The zero-order valence-electron chi connectivity index (χ0n) is 10.9. The van der Waals surface area contributed by atoms with Crippen LogP contribution in [0.15, 0.2) is 36.4 Å². The van der Waals surface area contributed by atoms with Crippen LogP contribution in [0.3, 0.4) is 0 Å². The van der Waals surface area contributed by atoms with Crippen LogP contribution in [0.4, 0.5) is 5.69 Å². The number of hydrogen-bond acceptors (Lipinski definition) is 3. The first kappa shape index (κ1) is 13.6. The van der Waals surface area contributed by atoms with Gasteiger partial charge in [0.2, 0.25) is 0 Å². The van der Waals surface area contributed by atoms with Crippen LogP contribution < -0.4 is 10.1 Å². The number of nitrogens with one attached hydrogen (secondary N) is 1. The number of aryl methyl sites for hydroxylation is 1. The number of ether oxygens (including phenoxy) is 1. The molecule has 0 fully saturated rings. The topological polar surface area (TPSA) is 41.5 Å². The Hall–Kier alpha value is -1.87. The van der Waals surface area contributed by atoms with Crippen molar-refractivity contribution in [3.05, 3.63) is 52.5 Å². The summed E-state index contributed by atoms with van der Waals surface area (Å²) in [5, 5.41) is 13.4. The van der Waals surface area contributed by atoms with Crippen molar-refractivity contribution in [3.63, 3.8) is 0 Å². The Kier molecular flexibility index (Phi) is 4.17. The Labute approximate surface area is 117 Å². The Balaban J connectivity index is 2.17. The SMILES string of the molecule is COc1cc(C)ccc1NCc1cccc(Cl)c1O. The van der Waals surface area contributed by atoms with Crippen LogP contribution in [-0.4, -0.2) is 12.2 Å². The van der Waals surface area contributed by atoms with Gasteiger partial charge in [-0.15, -0.1) is 0 Å². The summed E-state index contributed by atoms with van der Waals surface area (Å²) in [5.74, 6) is 0.893. The molecule has 0 bridgehead atoms. The van der Waals surface area contributed by atoms with Gasteiger partial charge in [-0.3, -0.25) is 0 Å². The van der Waals surface area contributed by atoms with Crippen LogP contribution in [0.25, 0.3) is 0 Å². The smallest absolute Gasteiger partial charge is 0.142 e. The summed E-state index contributed by atoms with van der Waals surface area (Å²) in [5.41, 5.74) is 2.76. The van der Waals surface area contributed by atoms with E-state index in [4.69, 9.17) is 16.3 Å². The summed E-state index contributed by atoms with van der Waals surface area (Å²) in [4.78, 5) is 0. The first-order valence-corrected chi connectivity index (χ1v) is 6.34. The van der Waals surface area contributed by atoms with Crippen LogP contribution in [0.2, 0.25) is 5.02 Å². The van der Waals surface area contributed by atoms with Gasteiger partial charge in [-0.05, 0) is 30.7 Å². The van der Waals surface area contributed by atoms with E-state index in [0.717, 1.165) is 22.6 Å². The summed E-state index contributed by atoms with van der Waals surface area (Å²) in [7, 11) is 1.64. The van der Waals surface area contributed by atoms with Gasteiger partial charge in [0.05, 0.1) is 17.8 Å². The van der Waals surface area contributed by atoms with Crippen molar-refractivity contribution >= 4 is 17.3 Å². The third-order valence-electron chi connectivity index (χ3n) is 2.90. The third-order valence-corrected chi connectivity index (χ3v) is 3.20. The fourth-order valence-corrected chi connectivity index (χ4v) is 2.03. The Bertz CT molecular complexity index is 584. The maximum absolute atomic E-state index is 9.84. The van der Waals surface area contributed by atoms with Crippen molar-refractivity contribution in [1.29, 1.82) is 0 Å². The minimum atomic E-state index is 0.114. The van der Waals surface area contributed by atoms with Crippen molar-refractivity contribution in [2.75, 3.05) is 12.4 Å². The third kappa shape index (κ3) is 3.12. The largest absolute Gasteiger partial charge is 0.506 e. The number of methoxy groups -OCH3 is 1. The summed E-state index contributed by atoms with van der Waals surface area (Å²) in [6, 6.07) is 11.2. The molecule has 2 N–H and O–H groups in total. The van der Waals surface area contributed by atoms with Gasteiger partial charge in [-0.1, -0.05) is 29.8 Å². The predicted molar refractivity (Wildman–Crippen MR) is 78.2 cm³/mol. The maximum Gasteiger partial charge on any atom is 0.142 e. The fraction of sp³-hybridized carbons (Fsp3) is 0.200. The second-order valence-electron chi connectivity index (χ2n) is 4.30. The first-order valence-electron chi connectivity index (χ1n) is 5.96. The van der Waals surface area contributed by atoms with E-state index in [1.807, 2.05) is 37.3 Å². The minimum Gasteiger partial charge on any atom is -0.506 e. The summed E-state index contributed by atoms with van der Waals surface area (Å²) < 4.78 is 5.32. The fourth-order valence-electron chi connectivity index (χ4n) is 1.84. The number of benzene rings is 2. The van der Waals surface area contributed by atoms with Crippen molar-refractivity contribution in [2.45, 2.75) is 13.5 Å².